The van der Waals surface area contributed by atoms with Gasteiger partial charge in [0.2, 0.25) is 5.91 Å². The number of hydrogen-bond acceptors (Lipinski definition) is 4. The molecule has 116 valence electrons. The van der Waals surface area contributed by atoms with Crippen molar-refractivity contribution in [3.05, 3.63) is 29.3 Å². The van der Waals surface area contributed by atoms with Gasteiger partial charge in [-0.3, -0.25) is 4.79 Å². The van der Waals surface area contributed by atoms with E-state index in [0.717, 1.165) is 23.8 Å². The monoisotopic (exact) mass is 295 g/mol. The van der Waals surface area contributed by atoms with E-state index in [0.29, 0.717) is 0 Å². The Morgan fingerprint density at radius 1 is 1.33 bits per heavy atom. The van der Waals surface area contributed by atoms with Crippen molar-refractivity contribution in [3.8, 4) is 5.75 Å². The highest BCUT2D eigenvalue weighted by atomic mass is 16.5. The van der Waals surface area contributed by atoms with Gasteiger partial charge in [-0.05, 0) is 38.0 Å². The number of aliphatic hydroxyl groups is 1. The minimum absolute atomic E-state index is 0.0864. The number of nitrogens with one attached hydrogen (secondary N) is 1. The van der Waals surface area contributed by atoms with Crippen LogP contribution in [0.3, 0.4) is 0 Å². The molecule has 21 heavy (non-hydrogen) atoms. The zero-order chi connectivity index (χ0) is 16.0. The smallest absolute Gasteiger partial charge is 0.337 e. The lowest BCUT2D eigenvalue weighted by Crippen LogP contribution is -2.46. The molecule has 0 saturated carbocycles. The third-order valence-corrected chi connectivity index (χ3v) is 3.02. The van der Waals surface area contributed by atoms with Crippen LogP contribution < -0.4 is 10.1 Å². The molecule has 0 heterocycles. The Labute approximate surface area is 123 Å². The van der Waals surface area contributed by atoms with Gasteiger partial charge in [-0.15, -0.1) is 0 Å². The Hall–Kier alpha value is -2.08. The molecule has 1 amide bonds. The van der Waals surface area contributed by atoms with Crippen LogP contribution in [0.2, 0.25) is 0 Å². The molecular formula is C15H21NO5. The van der Waals surface area contributed by atoms with E-state index in [1.165, 1.54) is 0 Å². The van der Waals surface area contributed by atoms with Gasteiger partial charge in [0.1, 0.15) is 5.75 Å². The van der Waals surface area contributed by atoms with Gasteiger partial charge in [-0.1, -0.05) is 12.1 Å². The molecule has 1 aromatic carbocycles. The molecular weight excluding hydrogens is 274 g/mol. The summed E-state index contributed by atoms with van der Waals surface area (Å²) < 4.78 is 5.53. The van der Waals surface area contributed by atoms with Gasteiger partial charge >= 0.3 is 5.97 Å². The van der Waals surface area contributed by atoms with Crippen LogP contribution in [-0.4, -0.2) is 40.8 Å². The highest BCUT2D eigenvalue weighted by molar-refractivity contribution is 5.80. The minimum atomic E-state index is -1.97. The summed E-state index contributed by atoms with van der Waals surface area (Å²) in [6, 6.07) is 5.81. The lowest BCUT2D eigenvalue weighted by atomic mass is 10.1. The van der Waals surface area contributed by atoms with E-state index < -0.39 is 11.6 Å². The molecule has 0 bridgehead atoms. The van der Waals surface area contributed by atoms with Crippen LogP contribution in [0, 0.1) is 13.8 Å². The third-order valence-electron chi connectivity index (χ3n) is 3.02. The quantitative estimate of drug-likeness (QED) is 0.698. The molecule has 0 aliphatic rings. The zero-order valence-corrected chi connectivity index (χ0v) is 12.5. The summed E-state index contributed by atoms with van der Waals surface area (Å²) in [7, 11) is 0. The summed E-state index contributed by atoms with van der Waals surface area (Å²) in [6.07, 6.45) is 0.0864. The van der Waals surface area contributed by atoms with Crippen molar-refractivity contribution in [2.24, 2.45) is 0 Å². The number of rotatable bonds is 7. The maximum absolute atomic E-state index is 11.6. The fraction of sp³-hybridized carbons (Fsp3) is 0.467. The second-order valence-electron chi connectivity index (χ2n) is 5.22. The summed E-state index contributed by atoms with van der Waals surface area (Å²) in [5.74, 6) is -1.03. The van der Waals surface area contributed by atoms with Crippen LogP contribution in [0.5, 0.6) is 5.75 Å². The van der Waals surface area contributed by atoms with E-state index >= 15 is 0 Å². The summed E-state index contributed by atoms with van der Waals surface area (Å²) in [6.45, 7) is 4.84. The fourth-order valence-corrected chi connectivity index (χ4v) is 1.55. The number of amides is 1. The molecule has 0 aromatic heterocycles. The number of carboxylic acids is 1. The second-order valence-corrected chi connectivity index (χ2v) is 5.22. The first-order chi connectivity index (χ1) is 9.72. The molecule has 0 fully saturated rings. The van der Waals surface area contributed by atoms with Crippen LogP contribution >= 0.6 is 0 Å². The SMILES string of the molecule is Cc1ccc(C)c(OCCC(=O)NCC(C)(O)C(=O)O)c1. The second kappa shape index (κ2) is 7.08. The normalized spacial score (nSPS) is 13.3. The molecule has 1 aromatic rings. The van der Waals surface area contributed by atoms with Crippen molar-refractivity contribution < 1.29 is 24.5 Å². The average molecular weight is 295 g/mol. The van der Waals surface area contributed by atoms with Gasteiger partial charge in [-0.25, -0.2) is 4.79 Å². The maximum atomic E-state index is 11.6. The van der Waals surface area contributed by atoms with E-state index in [9.17, 15) is 14.7 Å². The lowest BCUT2D eigenvalue weighted by molar-refractivity contribution is -0.156. The number of carbonyl (C=O) groups excluding carboxylic acids is 1. The Morgan fingerprint density at radius 2 is 2.00 bits per heavy atom. The molecule has 3 N–H and O–H groups in total. The largest absolute Gasteiger partial charge is 0.493 e. The lowest BCUT2D eigenvalue weighted by Gasteiger charge is -2.18. The maximum Gasteiger partial charge on any atom is 0.337 e. The summed E-state index contributed by atoms with van der Waals surface area (Å²) in [5, 5.41) is 20.5. The van der Waals surface area contributed by atoms with Crippen LogP contribution in [0.15, 0.2) is 18.2 Å². The number of benzene rings is 1. The third kappa shape index (κ3) is 5.43. The Bertz CT molecular complexity index is 525. The molecule has 0 radical (unpaired) electrons. The van der Waals surface area contributed by atoms with E-state index in [1.54, 1.807) is 0 Å². The number of carboxylic acid groups (broad SMARTS) is 1. The first-order valence-electron chi connectivity index (χ1n) is 6.65. The van der Waals surface area contributed by atoms with Crippen molar-refractivity contribution in [3.63, 3.8) is 0 Å². The number of aryl methyl sites for hydroxylation is 2. The molecule has 6 heteroatoms. The van der Waals surface area contributed by atoms with Crippen LogP contribution in [0.25, 0.3) is 0 Å². The van der Waals surface area contributed by atoms with Gasteiger partial charge in [0.15, 0.2) is 5.60 Å². The van der Waals surface area contributed by atoms with Gasteiger partial charge in [-0.2, -0.15) is 0 Å². The van der Waals surface area contributed by atoms with Gasteiger partial charge in [0, 0.05) is 0 Å². The average Bonchev–Trinajstić information content (AvgIpc) is 2.40. The molecule has 1 rings (SSSR count). The van der Waals surface area contributed by atoms with Gasteiger partial charge in [0.25, 0.3) is 0 Å². The van der Waals surface area contributed by atoms with Gasteiger partial charge in [0.05, 0.1) is 19.6 Å². The predicted octanol–water partition coefficient (Wildman–Crippen LogP) is 1.02. The van der Waals surface area contributed by atoms with Crippen molar-refractivity contribution in [1.29, 1.82) is 0 Å². The number of aliphatic carboxylic acids is 1. The van der Waals surface area contributed by atoms with E-state index in [-0.39, 0.29) is 25.5 Å². The van der Waals surface area contributed by atoms with E-state index in [4.69, 9.17) is 9.84 Å². The van der Waals surface area contributed by atoms with Crippen LogP contribution in [0.1, 0.15) is 24.5 Å². The zero-order valence-electron chi connectivity index (χ0n) is 12.5. The molecule has 6 nitrogen and oxygen atoms in total. The first-order valence-corrected chi connectivity index (χ1v) is 6.65. The Morgan fingerprint density at radius 3 is 2.62 bits per heavy atom. The first kappa shape index (κ1) is 17.0. The number of ether oxygens (including phenoxy) is 1. The summed E-state index contributed by atoms with van der Waals surface area (Å²) >= 11 is 0. The van der Waals surface area contributed by atoms with E-state index in [1.807, 2.05) is 32.0 Å². The number of carbonyl (C=O) groups is 2. The number of hydrogen-bond donors (Lipinski definition) is 3. The van der Waals surface area contributed by atoms with Crippen LogP contribution in [0.4, 0.5) is 0 Å². The molecule has 0 saturated heterocycles. The highest BCUT2D eigenvalue weighted by Crippen LogP contribution is 2.19. The van der Waals surface area contributed by atoms with Crippen molar-refractivity contribution in [1.82, 2.24) is 5.32 Å². The Balaban J connectivity index is 2.37. The van der Waals surface area contributed by atoms with Crippen molar-refractivity contribution in [2.45, 2.75) is 32.8 Å². The van der Waals surface area contributed by atoms with Gasteiger partial charge < -0.3 is 20.3 Å². The van der Waals surface area contributed by atoms with Crippen molar-refractivity contribution in [2.75, 3.05) is 13.2 Å². The molecule has 0 spiro atoms. The molecule has 0 aliphatic carbocycles. The molecule has 1 unspecified atom stereocenters. The fourth-order valence-electron chi connectivity index (χ4n) is 1.55. The highest BCUT2D eigenvalue weighted by Gasteiger charge is 2.30. The summed E-state index contributed by atoms with van der Waals surface area (Å²) in [4.78, 5) is 22.2. The summed E-state index contributed by atoms with van der Waals surface area (Å²) in [5.41, 5.74) is 0.0799. The van der Waals surface area contributed by atoms with Crippen molar-refractivity contribution >= 4 is 11.9 Å². The Kier molecular flexibility index (Phi) is 5.72. The topological polar surface area (TPSA) is 95.9 Å². The molecule has 1 atom stereocenters. The standard InChI is InChI=1S/C15H21NO5/c1-10-4-5-11(2)12(8-10)21-7-6-13(17)16-9-15(3,20)14(18)19/h4-5,8,20H,6-7,9H2,1-3H3,(H,16,17)(H,18,19). The molecule has 0 aliphatic heterocycles. The minimum Gasteiger partial charge on any atom is -0.493 e. The van der Waals surface area contributed by atoms with Crippen LogP contribution in [-0.2, 0) is 9.59 Å². The van der Waals surface area contributed by atoms with E-state index in [2.05, 4.69) is 5.32 Å². The predicted molar refractivity (Wildman–Crippen MR) is 77.3 cm³/mol.